The van der Waals surface area contributed by atoms with Crippen LogP contribution in [0.1, 0.15) is 16.8 Å². The molecule has 1 aliphatic rings. The molecule has 0 aliphatic carbocycles. The number of aryl methyl sites for hydroxylation is 1. The summed E-state index contributed by atoms with van der Waals surface area (Å²) in [5.74, 6) is 0.735. The molecule has 1 amide bonds. The number of nitrogens with zero attached hydrogens (tertiary/aromatic N) is 5. The van der Waals surface area contributed by atoms with Crippen molar-refractivity contribution in [3.8, 4) is 11.3 Å². The second-order valence-electron chi connectivity index (χ2n) is 8.14. The summed E-state index contributed by atoms with van der Waals surface area (Å²) < 4.78 is 7.43. The lowest BCUT2D eigenvalue weighted by atomic mass is 10.1. The molecule has 0 saturated carbocycles. The highest BCUT2D eigenvalue weighted by atomic mass is 16.5. The standard InChI is InChI=1S/C25H26N6O2/c1-33-20-15-31(16-20)24-23(18-6-3-2-4-7-18)28-22-14-19(8-9-21(22)29-24)25(32)27-10-5-12-30-13-11-26-17-30/h2-4,6-9,11,13-14,17,20H,5,10,12,15-16H2,1H3,(H,27,32). The molecule has 1 aliphatic heterocycles. The van der Waals surface area contributed by atoms with Gasteiger partial charge in [0.1, 0.15) is 5.69 Å². The normalized spacial score (nSPS) is 13.8. The van der Waals surface area contributed by atoms with Crippen molar-refractivity contribution in [1.82, 2.24) is 24.8 Å². The molecular formula is C25H26N6O2. The Balaban J connectivity index is 1.37. The van der Waals surface area contributed by atoms with Crippen LogP contribution in [0.3, 0.4) is 0 Å². The van der Waals surface area contributed by atoms with Crippen molar-refractivity contribution in [1.29, 1.82) is 0 Å². The Morgan fingerprint density at radius 3 is 2.73 bits per heavy atom. The maximum absolute atomic E-state index is 12.7. The maximum atomic E-state index is 12.7. The first-order valence-electron chi connectivity index (χ1n) is 11.1. The molecule has 4 aromatic rings. The molecule has 3 heterocycles. The number of hydrogen-bond acceptors (Lipinski definition) is 6. The number of anilines is 1. The molecule has 0 bridgehead atoms. The van der Waals surface area contributed by atoms with Gasteiger partial charge in [-0.2, -0.15) is 0 Å². The van der Waals surface area contributed by atoms with E-state index in [9.17, 15) is 4.79 Å². The topological polar surface area (TPSA) is 85.2 Å². The Bertz CT molecular complexity index is 1240. The monoisotopic (exact) mass is 442 g/mol. The Kier molecular flexibility index (Phi) is 5.99. The van der Waals surface area contributed by atoms with E-state index in [4.69, 9.17) is 14.7 Å². The maximum Gasteiger partial charge on any atom is 0.251 e. The Labute approximate surface area is 192 Å². The van der Waals surface area contributed by atoms with Crippen molar-refractivity contribution in [3.63, 3.8) is 0 Å². The smallest absolute Gasteiger partial charge is 0.251 e. The van der Waals surface area contributed by atoms with Crippen LogP contribution in [0.15, 0.2) is 67.3 Å². The number of ether oxygens (including phenoxy) is 1. The van der Waals surface area contributed by atoms with E-state index in [0.29, 0.717) is 17.6 Å². The summed E-state index contributed by atoms with van der Waals surface area (Å²) in [6, 6.07) is 15.5. The van der Waals surface area contributed by atoms with Crippen LogP contribution in [-0.2, 0) is 11.3 Å². The van der Waals surface area contributed by atoms with Gasteiger partial charge in [-0.1, -0.05) is 30.3 Å². The van der Waals surface area contributed by atoms with Crippen LogP contribution in [0, 0.1) is 0 Å². The van der Waals surface area contributed by atoms with Gasteiger partial charge in [0.25, 0.3) is 5.91 Å². The molecule has 0 spiro atoms. The summed E-state index contributed by atoms with van der Waals surface area (Å²) in [6.45, 7) is 2.98. The number of imidazole rings is 1. The van der Waals surface area contributed by atoms with E-state index in [0.717, 1.165) is 48.6 Å². The van der Waals surface area contributed by atoms with E-state index < -0.39 is 0 Å². The van der Waals surface area contributed by atoms with Gasteiger partial charge in [0.05, 0.1) is 23.5 Å². The van der Waals surface area contributed by atoms with Gasteiger partial charge < -0.3 is 19.5 Å². The zero-order valence-corrected chi connectivity index (χ0v) is 18.5. The van der Waals surface area contributed by atoms with Crippen LogP contribution in [0.2, 0.25) is 0 Å². The number of aromatic nitrogens is 4. The van der Waals surface area contributed by atoms with Crippen molar-refractivity contribution in [2.45, 2.75) is 19.1 Å². The van der Waals surface area contributed by atoms with Gasteiger partial charge in [-0.3, -0.25) is 4.79 Å². The fraction of sp³-hybridized carbons (Fsp3) is 0.280. The molecule has 0 atom stereocenters. The van der Waals surface area contributed by atoms with Crippen molar-refractivity contribution >= 4 is 22.8 Å². The third kappa shape index (κ3) is 4.56. The molecule has 0 unspecified atom stereocenters. The van der Waals surface area contributed by atoms with E-state index in [1.54, 1.807) is 19.6 Å². The summed E-state index contributed by atoms with van der Waals surface area (Å²) in [5.41, 5.74) is 3.86. The zero-order valence-electron chi connectivity index (χ0n) is 18.5. The van der Waals surface area contributed by atoms with E-state index in [1.807, 2.05) is 59.3 Å². The number of rotatable bonds is 8. The van der Waals surface area contributed by atoms with Gasteiger partial charge in [-0.05, 0) is 24.6 Å². The van der Waals surface area contributed by atoms with Crippen molar-refractivity contribution in [3.05, 3.63) is 72.8 Å². The van der Waals surface area contributed by atoms with Gasteiger partial charge >= 0.3 is 0 Å². The summed E-state index contributed by atoms with van der Waals surface area (Å²) in [6.07, 6.45) is 6.48. The third-order valence-corrected chi connectivity index (χ3v) is 5.87. The Hall–Kier alpha value is -3.78. The lowest BCUT2D eigenvalue weighted by Crippen LogP contribution is -2.52. The quantitative estimate of drug-likeness (QED) is 0.422. The molecule has 8 heteroatoms. The Morgan fingerprint density at radius 2 is 1.97 bits per heavy atom. The number of methoxy groups -OCH3 is 1. The molecule has 5 rings (SSSR count). The first kappa shape index (κ1) is 21.1. The zero-order chi connectivity index (χ0) is 22.6. The molecule has 1 saturated heterocycles. The molecule has 2 aromatic carbocycles. The lowest BCUT2D eigenvalue weighted by Gasteiger charge is -2.39. The minimum Gasteiger partial charge on any atom is -0.378 e. The van der Waals surface area contributed by atoms with Gasteiger partial charge in [-0.25, -0.2) is 15.0 Å². The minimum absolute atomic E-state index is 0.111. The summed E-state index contributed by atoms with van der Waals surface area (Å²) >= 11 is 0. The summed E-state index contributed by atoms with van der Waals surface area (Å²) in [5, 5.41) is 2.99. The lowest BCUT2D eigenvalue weighted by molar-refractivity contribution is 0.0784. The molecular weight excluding hydrogens is 416 g/mol. The predicted octanol–water partition coefficient (Wildman–Crippen LogP) is 3.15. The van der Waals surface area contributed by atoms with Crippen LogP contribution < -0.4 is 10.2 Å². The first-order chi connectivity index (χ1) is 16.2. The summed E-state index contributed by atoms with van der Waals surface area (Å²) in [4.78, 5) is 28.8. The van der Waals surface area contributed by atoms with Gasteiger partial charge in [-0.15, -0.1) is 0 Å². The largest absolute Gasteiger partial charge is 0.378 e. The fourth-order valence-electron chi connectivity index (χ4n) is 3.94. The number of carbonyl (C=O) groups is 1. The molecule has 1 N–H and O–H groups in total. The molecule has 2 aromatic heterocycles. The second kappa shape index (κ2) is 9.38. The predicted molar refractivity (Wildman–Crippen MR) is 127 cm³/mol. The average Bonchev–Trinajstić information content (AvgIpc) is 3.34. The number of carbonyl (C=O) groups excluding carboxylic acids is 1. The van der Waals surface area contributed by atoms with E-state index in [-0.39, 0.29) is 12.0 Å². The summed E-state index contributed by atoms with van der Waals surface area (Å²) in [7, 11) is 1.73. The van der Waals surface area contributed by atoms with Crippen molar-refractivity contribution in [2.75, 3.05) is 31.6 Å². The van der Waals surface area contributed by atoms with E-state index in [1.165, 1.54) is 0 Å². The molecule has 168 valence electrons. The highest BCUT2D eigenvalue weighted by molar-refractivity contribution is 5.98. The molecule has 33 heavy (non-hydrogen) atoms. The number of nitrogens with one attached hydrogen (secondary N) is 1. The average molecular weight is 443 g/mol. The van der Waals surface area contributed by atoms with E-state index in [2.05, 4.69) is 15.2 Å². The molecule has 8 nitrogen and oxygen atoms in total. The van der Waals surface area contributed by atoms with Gasteiger partial charge in [0.2, 0.25) is 0 Å². The van der Waals surface area contributed by atoms with Crippen LogP contribution in [-0.4, -0.2) is 58.3 Å². The van der Waals surface area contributed by atoms with Crippen molar-refractivity contribution in [2.24, 2.45) is 0 Å². The third-order valence-electron chi connectivity index (χ3n) is 5.87. The van der Waals surface area contributed by atoms with Crippen LogP contribution in [0.4, 0.5) is 5.82 Å². The van der Waals surface area contributed by atoms with Gasteiger partial charge in [0, 0.05) is 56.8 Å². The number of fused-ring (bicyclic) bond motifs is 1. The fourth-order valence-corrected chi connectivity index (χ4v) is 3.94. The van der Waals surface area contributed by atoms with Gasteiger partial charge in [0.15, 0.2) is 5.82 Å². The van der Waals surface area contributed by atoms with Crippen LogP contribution >= 0.6 is 0 Å². The van der Waals surface area contributed by atoms with E-state index >= 15 is 0 Å². The van der Waals surface area contributed by atoms with Crippen LogP contribution in [0.5, 0.6) is 0 Å². The minimum atomic E-state index is -0.111. The first-order valence-corrected chi connectivity index (χ1v) is 11.1. The molecule has 0 radical (unpaired) electrons. The number of hydrogen-bond donors (Lipinski definition) is 1. The highest BCUT2D eigenvalue weighted by Crippen LogP contribution is 2.32. The SMILES string of the molecule is COC1CN(c2nc3ccc(C(=O)NCCCn4ccnc4)cc3nc2-c2ccccc2)C1. The second-order valence-corrected chi connectivity index (χ2v) is 8.14. The number of benzene rings is 2. The highest BCUT2D eigenvalue weighted by Gasteiger charge is 2.30. The van der Waals surface area contributed by atoms with Crippen LogP contribution in [0.25, 0.3) is 22.3 Å². The van der Waals surface area contributed by atoms with Crippen molar-refractivity contribution < 1.29 is 9.53 Å². The number of amides is 1. The Morgan fingerprint density at radius 1 is 1.12 bits per heavy atom. The molecule has 1 fully saturated rings.